The van der Waals surface area contributed by atoms with Gasteiger partial charge in [0.15, 0.2) is 0 Å². The van der Waals surface area contributed by atoms with Gasteiger partial charge < -0.3 is 9.80 Å². The van der Waals surface area contributed by atoms with Crippen LogP contribution in [-0.2, 0) is 0 Å². The summed E-state index contributed by atoms with van der Waals surface area (Å²) >= 11 is 0. The Morgan fingerprint density at radius 2 is 1.92 bits per heavy atom. The summed E-state index contributed by atoms with van der Waals surface area (Å²) in [6, 6.07) is 0.780. The van der Waals surface area contributed by atoms with E-state index in [9.17, 15) is 0 Å². The van der Waals surface area contributed by atoms with Crippen LogP contribution in [0, 0.1) is 5.41 Å². The molecule has 13 heavy (non-hydrogen) atoms. The van der Waals surface area contributed by atoms with Crippen LogP contribution in [0.2, 0.25) is 0 Å². The van der Waals surface area contributed by atoms with E-state index in [4.69, 9.17) is 0 Å². The fourth-order valence-corrected chi connectivity index (χ4v) is 2.05. The van der Waals surface area contributed by atoms with Crippen LogP contribution in [-0.4, -0.2) is 49.6 Å². The van der Waals surface area contributed by atoms with Crippen LogP contribution in [0.5, 0.6) is 0 Å². The minimum atomic E-state index is 0.446. The van der Waals surface area contributed by atoms with E-state index in [2.05, 4.69) is 44.7 Å². The standard InChI is InChI=1S/C11H24N2/c1-11(2,3)9-13-7-6-10(8-13)12(4)5/h10H,6-9H2,1-5H3. The predicted octanol–water partition coefficient (Wildman–Crippen LogP) is 1.67. The highest BCUT2D eigenvalue weighted by Crippen LogP contribution is 2.20. The van der Waals surface area contributed by atoms with Crippen molar-refractivity contribution in [1.29, 1.82) is 0 Å². The largest absolute Gasteiger partial charge is 0.305 e. The molecule has 0 bridgehead atoms. The molecule has 1 fully saturated rings. The summed E-state index contributed by atoms with van der Waals surface area (Å²) in [6.45, 7) is 10.7. The Balaban J connectivity index is 2.33. The molecule has 0 saturated carbocycles. The second-order valence-corrected chi connectivity index (χ2v) is 5.70. The second kappa shape index (κ2) is 3.97. The Kier molecular flexibility index (Phi) is 3.36. The molecule has 2 heteroatoms. The third-order valence-corrected chi connectivity index (χ3v) is 2.68. The van der Waals surface area contributed by atoms with Crippen molar-refractivity contribution < 1.29 is 0 Å². The zero-order chi connectivity index (χ0) is 10.1. The van der Waals surface area contributed by atoms with Crippen LogP contribution >= 0.6 is 0 Å². The Morgan fingerprint density at radius 1 is 1.31 bits per heavy atom. The highest BCUT2D eigenvalue weighted by Gasteiger charge is 2.26. The number of hydrogen-bond acceptors (Lipinski definition) is 2. The lowest BCUT2D eigenvalue weighted by atomic mass is 9.96. The minimum absolute atomic E-state index is 0.446. The predicted molar refractivity (Wildman–Crippen MR) is 58.0 cm³/mol. The molecule has 1 heterocycles. The van der Waals surface area contributed by atoms with Crippen molar-refractivity contribution in [2.24, 2.45) is 5.41 Å². The van der Waals surface area contributed by atoms with E-state index >= 15 is 0 Å². The molecule has 0 aromatic rings. The van der Waals surface area contributed by atoms with Crippen molar-refractivity contribution in [3.63, 3.8) is 0 Å². The average molecular weight is 184 g/mol. The molecule has 0 aromatic carbocycles. The Bertz CT molecular complexity index is 158. The molecule has 0 spiro atoms. The molecule has 1 rings (SSSR count). The third kappa shape index (κ3) is 3.65. The molecule has 0 amide bonds. The summed E-state index contributed by atoms with van der Waals surface area (Å²) in [5, 5.41) is 0. The summed E-state index contributed by atoms with van der Waals surface area (Å²) < 4.78 is 0. The van der Waals surface area contributed by atoms with Crippen molar-refractivity contribution >= 4 is 0 Å². The first-order valence-corrected chi connectivity index (χ1v) is 5.27. The van der Waals surface area contributed by atoms with Gasteiger partial charge in [0.05, 0.1) is 0 Å². The van der Waals surface area contributed by atoms with Crippen molar-refractivity contribution in [1.82, 2.24) is 9.80 Å². The lowest BCUT2D eigenvalue weighted by molar-refractivity contribution is 0.208. The first-order chi connectivity index (χ1) is 5.88. The maximum absolute atomic E-state index is 2.59. The molecular formula is C11H24N2. The molecule has 1 unspecified atom stereocenters. The van der Waals surface area contributed by atoms with Gasteiger partial charge in [-0.2, -0.15) is 0 Å². The van der Waals surface area contributed by atoms with E-state index in [1.54, 1.807) is 0 Å². The normalized spacial score (nSPS) is 25.8. The molecule has 1 aliphatic heterocycles. The number of hydrogen-bond donors (Lipinski definition) is 0. The van der Waals surface area contributed by atoms with Gasteiger partial charge >= 0.3 is 0 Å². The number of nitrogens with zero attached hydrogens (tertiary/aromatic N) is 2. The highest BCUT2D eigenvalue weighted by atomic mass is 15.2. The number of rotatable bonds is 2. The smallest absolute Gasteiger partial charge is 0.0229 e. The van der Waals surface area contributed by atoms with Gasteiger partial charge in [0, 0.05) is 19.1 Å². The van der Waals surface area contributed by atoms with Crippen molar-refractivity contribution in [3.8, 4) is 0 Å². The van der Waals surface area contributed by atoms with Gasteiger partial charge in [0.1, 0.15) is 0 Å². The van der Waals surface area contributed by atoms with Gasteiger partial charge in [0.25, 0.3) is 0 Å². The lowest BCUT2D eigenvalue weighted by Crippen LogP contribution is -2.35. The molecule has 1 aliphatic rings. The van der Waals surface area contributed by atoms with Crippen LogP contribution in [0.25, 0.3) is 0 Å². The van der Waals surface area contributed by atoms with Gasteiger partial charge in [0.2, 0.25) is 0 Å². The van der Waals surface area contributed by atoms with Crippen molar-refractivity contribution in [2.45, 2.75) is 33.2 Å². The number of likely N-dealkylation sites (N-methyl/N-ethyl adjacent to an activating group) is 1. The Hall–Kier alpha value is -0.0800. The van der Waals surface area contributed by atoms with Crippen LogP contribution in [0.3, 0.4) is 0 Å². The van der Waals surface area contributed by atoms with Gasteiger partial charge in [-0.3, -0.25) is 0 Å². The quantitative estimate of drug-likeness (QED) is 0.644. The average Bonchev–Trinajstić information content (AvgIpc) is 2.31. The van der Waals surface area contributed by atoms with Gasteiger partial charge in [-0.05, 0) is 32.5 Å². The molecule has 78 valence electrons. The molecule has 0 radical (unpaired) electrons. The Labute approximate surface area is 82.9 Å². The first-order valence-electron chi connectivity index (χ1n) is 5.27. The summed E-state index contributed by atoms with van der Waals surface area (Å²) in [5.74, 6) is 0. The van der Waals surface area contributed by atoms with Gasteiger partial charge in [-0.15, -0.1) is 0 Å². The monoisotopic (exact) mass is 184 g/mol. The topological polar surface area (TPSA) is 6.48 Å². The maximum atomic E-state index is 2.59. The van der Waals surface area contributed by atoms with Gasteiger partial charge in [-0.25, -0.2) is 0 Å². The summed E-state index contributed by atoms with van der Waals surface area (Å²) in [4.78, 5) is 4.94. The molecule has 1 saturated heterocycles. The molecule has 2 nitrogen and oxygen atoms in total. The zero-order valence-corrected chi connectivity index (χ0v) is 9.80. The molecule has 0 N–H and O–H groups in total. The van der Waals surface area contributed by atoms with E-state index in [-0.39, 0.29) is 0 Å². The molecule has 1 atom stereocenters. The van der Waals surface area contributed by atoms with Crippen LogP contribution in [0.4, 0.5) is 0 Å². The van der Waals surface area contributed by atoms with E-state index in [1.165, 1.54) is 26.1 Å². The van der Waals surface area contributed by atoms with E-state index < -0.39 is 0 Å². The maximum Gasteiger partial charge on any atom is 0.0229 e. The third-order valence-electron chi connectivity index (χ3n) is 2.68. The summed E-state index contributed by atoms with van der Waals surface area (Å²) in [6.07, 6.45) is 1.34. The van der Waals surface area contributed by atoms with Crippen molar-refractivity contribution in [2.75, 3.05) is 33.7 Å². The number of likely N-dealkylation sites (tertiary alicyclic amines) is 1. The second-order valence-electron chi connectivity index (χ2n) is 5.70. The highest BCUT2D eigenvalue weighted by molar-refractivity contribution is 4.82. The van der Waals surface area contributed by atoms with E-state index in [0.717, 1.165) is 6.04 Å². The SMILES string of the molecule is CN(C)C1CCN(CC(C)(C)C)C1. The minimum Gasteiger partial charge on any atom is -0.305 e. The molecule has 0 aromatic heterocycles. The van der Waals surface area contributed by atoms with Crippen LogP contribution in [0.1, 0.15) is 27.2 Å². The van der Waals surface area contributed by atoms with Crippen LogP contribution in [0.15, 0.2) is 0 Å². The van der Waals surface area contributed by atoms with E-state index in [1.807, 2.05) is 0 Å². The van der Waals surface area contributed by atoms with Crippen molar-refractivity contribution in [3.05, 3.63) is 0 Å². The van der Waals surface area contributed by atoms with Gasteiger partial charge in [-0.1, -0.05) is 20.8 Å². The van der Waals surface area contributed by atoms with Crippen LogP contribution < -0.4 is 0 Å². The summed E-state index contributed by atoms with van der Waals surface area (Å²) in [7, 11) is 4.37. The summed E-state index contributed by atoms with van der Waals surface area (Å²) in [5.41, 5.74) is 0.446. The fourth-order valence-electron chi connectivity index (χ4n) is 2.05. The Morgan fingerprint density at radius 3 is 2.31 bits per heavy atom. The zero-order valence-electron chi connectivity index (χ0n) is 9.80. The molecule has 0 aliphatic carbocycles. The fraction of sp³-hybridized carbons (Fsp3) is 1.00. The first kappa shape index (κ1) is 11.0. The van der Waals surface area contributed by atoms with E-state index in [0.29, 0.717) is 5.41 Å². The lowest BCUT2D eigenvalue weighted by Gasteiger charge is -2.27. The molecular weight excluding hydrogens is 160 g/mol.